The van der Waals surface area contributed by atoms with Gasteiger partial charge in [0.1, 0.15) is 0 Å². The SMILES string of the molecule is CC(=O)SCC(CC(C)C)C(=O)Nc1ccc(C(=O)O)cc1. The Labute approximate surface area is 134 Å². The summed E-state index contributed by atoms with van der Waals surface area (Å²) in [6, 6.07) is 6.01. The lowest BCUT2D eigenvalue weighted by Gasteiger charge is -2.18. The number of amides is 1. The number of rotatable bonds is 7. The van der Waals surface area contributed by atoms with Crippen molar-refractivity contribution < 1.29 is 19.5 Å². The Morgan fingerprint density at radius 1 is 1.18 bits per heavy atom. The molecule has 0 heterocycles. The Balaban J connectivity index is 2.72. The van der Waals surface area contributed by atoms with Crippen molar-refractivity contribution in [1.82, 2.24) is 0 Å². The molecule has 6 heteroatoms. The predicted octanol–water partition coefficient (Wildman–Crippen LogP) is 3.27. The van der Waals surface area contributed by atoms with Crippen LogP contribution < -0.4 is 5.32 Å². The summed E-state index contributed by atoms with van der Waals surface area (Å²) in [5.41, 5.74) is 0.723. The largest absolute Gasteiger partial charge is 0.478 e. The molecule has 1 aromatic rings. The third-order valence-corrected chi connectivity index (χ3v) is 3.99. The van der Waals surface area contributed by atoms with Crippen LogP contribution >= 0.6 is 11.8 Å². The standard InChI is InChI=1S/C16H21NO4S/c1-10(2)8-13(9-22-11(3)18)15(19)17-14-6-4-12(5-7-14)16(20)21/h4-7,10,13H,8-9H2,1-3H3,(H,17,19)(H,20,21). The molecule has 0 spiro atoms. The summed E-state index contributed by atoms with van der Waals surface area (Å²) < 4.78 is 0. The molecule has 1 amide bonds. The number of hydrogen-bond donors (Lipinski definition) is 2. The first-order valence-corrected chi connectivity index (χ1v) is 8.05. The van der Waals surface area contributed by atoms with Crippen LogP contribution in [0.25, 0.3) is 0 Å². The van der Waals surface area contributed by atoms with Crippen molar-refractivity contribution in [3.05, 3.63) is 29.8 Å². The fourth-order valence-electron chi connectivity index (χ4n) is 1.98. The van der Waals surface area contributed by atoms with Gasteiger partial charge in [0.25, 0.3) is 0 Å². The Morgan fingerprint density at radius 2 is 1.77 bits per heavy atom. The third kappa shape index (κ3) is 6.30. The van der Waals surface area contributed by atoms with Crippen LogP contribution in [0.3, 0.4) is 0 Å². The maximum absolute atomic E-state index is 12.3. The van der Waals surface area contributed by atoms with Gasteiger partial charge >= 0.3 is 5.97 Å². The summed E-state index contributed by atoms with van der Waals surface area (Å²) >= 11 is 1.15. The number of benzene rings is 1. The van der Waals surface area contributed by atoms with Gasteiger partial charge in [-0.2, -0.15) is 0 Å². The molecule has 0 aliphatic rings. The Bertz CT molecular complexity index is 540. The Hall–Kier alpha value is -1.82. The van der Waals surface area contributed by atoms with E-state index >= 15 is 0 Å². The molecule has 0 saturated heterocycles. The average Bonchev–Trinajstić information content (AvgIpc) is 2.43. The molecule has 120 valence electrons. The summed E-state index contributed by atoms with van der Waals surface area (Å²) in [5, 5.41) is 11.6. The van der Waals surface area contributed by atoms with Gasteiger partial charge in [-0.1, -0.05) is 25.6 Å². The van der Waals surface area contributed by atoms with E-state index in [0.717, 1.165) is 11.8 Å². The van der Waals surface area contributed by atoms with Crippen LogP contribution in [0, 0.1) is 11.8 Å². The Kier molecular flexibility index (Phi) is 7.11. The first kappa shape index (κ1) is 18.2. The van der Waals surface area contributed by atoms with Gasteiger partial charge in [0.15, 0.2) is 5.12 Å². The molecule has 0 fully saturated rings. The lowest BCUT2D eigenvalue weighted by Crippen LogP contribution is -2.26. The summed E-state index contributed by atoms with van der Waals surface area (Å²) in [6.45, 7) is 5.54. The Morgan fingerprint density at radius 3 is 2.23 bits per heavy atom. The van der Waals surface area contributed by atoms with Crippen molar-refractivity contribution in [3.8, 4) is 0 Å². The molecule has 1 unspecified atom stereocenters. The summed E-state index contributed by atoms with van der Waals surface area (Å²) in [4.78, 5) is 34.2. The van der Waals surface area contributed by atoms with Crippen LogP contribution in [0.15, 0.2) is 24.3 Å². The highest BCUT2D eigenvalue weighted by molar-refractivity contribution is 8.13. The smallest absolute Gasteiger partial charge is 0.335 e. The van der Waals surface area contributed by atoms with E-state index < -0.39 is 5.97 Å². The van der Waals surface area contributed by atoms with Crippen molar-refractivity contribution >= 4 is 34.4 Å². The number of carbonyl (C=O) groups is 3. The number of carboxylic acids is 1. The molecule has 0 aliphatic heterocycles. The molecule has 1 rings (SSSR count). The molecule has 5 nitrogen and oxygen atoms in total. The van der Waals surface area contributed by atoms with Crippen molar-refractivity contribution in [1.29, 1.82) is 0 Å². The zero-order valence-corrected chi connectivity index (χ0v) is 13.8. The first-order valence-electron chi connectivity index (χ1n) is 7.07. The van der Waals surface area contributed by atoms with E-state index in [1.54, 1.807) is 12.1 Å². The van der Waals surface area contributed by atoms with Crippen LogP contribution in [-0.4, -0.2) is 27.9 Å². The van der Waals surface area contributed by atoms with E-state index in [9.17, 15) is 14.4 Å². The highest BCUT2D eigenvalue weighted by Gasteiger charge is 2.21. The number of hydrogen-bond acceptors (Lipinski definition) is 4. The molecule has 0 saturated carbocycles. The zero-order valence-electron chi connectivity index (χ0n) is 13.0. The topological polar surface area (TPSA) is 83.5 Å². The molecule has 2 N–H and O–H groups in total. The molecular formula is C16H21NO4S. The van der Waals surface area contributed by atoms with Crippen molar-refractivity contribution in [2.24, 2.45) is 11.8 Å². The van der Waals surface area contributed by atoms with Gasteiger partial charge in [0.05, 0.1) is 5.56 Å². The van der Waals surface area contributed by atoms with Crippen LogP contribution in [0.5, 0.6) is 0 Å². The quantitative estimate of drug-likeness (QED) is 0.804. The second-order valence-corrected chi connectivity index (χ2v) is 6.70. The fourth-order valence-corrected chi connectivity index (χ4v) is 2.70. The van der Waals surface area contributed by atoms with Crippen LogP contribution in [0.1, 0.15) is 37.6 Å². The minimum absolute atomic E-state index is 0.00707. The van der Waals surface area contributed by atoms with E-state index in [1.165, 1.54) is 19.1 Å². The first-order chi connectivity index (χ1) is 10.3. The van der Waals surface area contributed by atoms with Gasteiger partial charge in [0.2, 0.25) is 5.91 Å². The average molecular weight is 323 g/mol. The van der Waals surface area contributed by atoms with E-state index in [4.69, 9.17) is 5.11 Å². The van der Waals surface area contributed by atoms with Gasteiger partial charge in [0, 0.05) is 24.3 Å². The minimum atomic E-state index is -1.01. The molecule has 0 aliphatic carbocycles. The zero-order chi connectivity index (χ0) is 16.7. The lowest BCUT2D eigenvalue weighted by molar-refractivity contribution is -0.119. The number of nitrogens with one attached hydrogen (secondary N) is 1. The molecule has 0 bridgehead atoms. The van der Waals surface area contributed by atoms with Crippen molar-refractivity contribution in [2.75, 3.05) is 11.1 Å². The van der Waals surface area contributed by atoms with Crippen LogP contribution in [0.2, 0.25) is 0 Å². The fraction of sp³-hybridized carbons (Fsp3) is 0.438. The van der Waals surface area contributed by atoms with Gasteiger partial charge < -0.3 is 10.4 Å². The number of carboxylic acid groups (broad SMARTS) is 1. The second-order valence-electron chi connectivity index (χ2n) is 5.50. The van der Waals surface area contributed by atoms with Gasteiger partial charge in [-0.3, -0.25) is 9.59 Å². The molecule has 0 radical (unpaired) electrons. The monoisotopic (exact) mass is 323 g/mol. The lowest BCUT2D eigenvalue weighted by atomic mass is 9.98. The van der Waals surface area contributed by atoms with Crippen molar-refractivity contribution in [2.45, 2.75) is 27.2 Å². The van der Waals surface area contributed by atoms with Crippen LogP contribution in [0.4, 0.5) is 5.69 Å². The maximum atomic E-state index is 12.3. The summed E-state index contributed by atoms with van der Waals surface area (Å²) in [6.07, 6.45) is 0.694. The second kappa shape index (κ2) is 8.58. The van der Waals surface area contributed by atoms with E-state index in [2.05, 4.69) is 5.32 Å². The van der Waals surface area contributed by atoms with Crippen LogP contribution in [-0.2, 0) is 9.59 Å². The summed E-state index contributed by atoms with van der Waals surface area (Å²) in [5.74, 6) is -0.614. The van der Waals surface area contributed by atoms with Gasteiger partial charge in [-0.15, -0.1) is 0 Å². The molecule has 0 aromatic heterocycles. The molecule has 1 atom stereocenters. The van der Waals surface area contributed by atoms with E-state index in [1.807, 2.05) is 13.8 Å². The number of thioether (sulfide) groups is 1. The maximum Gasteiger partial charge on any atom is 0.335 e. The normalized spacial score (nSPS) is 12.0. The number of aromatic carboxylic acids is 1. The minimum Gasteiger partial charge on any atom is -0.478 e. The molecular weight excluding hydrogens is 302 g/mol. The highest BCUT2D eigenvalue weighted by atomic mass is 32.2. The molecule has 1 aromatic carbocycles. The number of carbonyl (C=O) groups excluding carboxylic acids is 2. The molecule has 22 heavy (non-hydrogen) atoms. The van der Waals surface area contributed by atoms with Crippen molar-refractivity contribution in [3.63, 3.8) is 0 Å². The van der Waals surface area contributed by atoms with E-state index in [-0.39, 0.29) is 22.5 Å². The summed E-state index contributed by atoms with van der Waals surface area (Å²) in [7, 11) is 0. The van der Waals surface area contributed by atoms with Gasteiger partial charge in [-0.05, 0) is 36.6 Å². The predicted molar refractivity (Wildman–Crippen MR) is 88.1 cm³/mol. The van der Waals surface area contributed by atoms with E-state index in [0.29, 0.717) is 23.8 Å². The third-order valence-electron chi connectivity index (χ3n) is 3.01. The number of anilines is 1. The van der Waals surface area contributed by atoms with Gasteiger partial charge in [-0.25, -0.2) is 4.79 Å². The highest BCUT2D eigenvalue weighted by Crippen LogP contribution is 2.20.